The van der Waals surface area contributed by atoms with Gasteiger partial charge in [-0.3, -0.25) is 0 Å². The molecule has 80 valence electrons. The largest absolute Gasteiger partial charge is 0.494 e. The molecule has 15 heavy (non-hydrogen) atoms. The van der Waals surface area contributed by atoms with Gasteiger partial charge in [-0.05, 0) is 18.1 Å². The van der Waals surface area contributed by atoms with Crippen LogP contribution in [0.5, 0.6) is 5.75 Å². The third-order valence-corrected chi connectivity index (χ3v) is 3.30. The van der Waals surface area contributed by atoms with Crippen LogP contribution in [0.1, 0.15) is 18.9 Å². The summed E-state index contributed by atoms with van der Waals surface area (Å²) in [5.74, 6) is 0.804. The maximum absolute atomic E-state index is 5.73. The number of nitrogen functional groups attached to an aromatic ring is 1. The number of nitrogens with two attached hydrogens (primary N) is 1. The summed E-state index contributed by atoms with van der Waals surface area (Å²) < 4.78 is 6.42. The molecule has 0 unspecified atom stereocenters. The van der Waals surface area contributed by atoms with Crippen LogP contribution in [-0.4, -0.2) is 12.1 Å². The predicted octanol–water partition coefficient (Wildman–Crippen LogP) is 2.84. The zero-order chi connectivity index (χ0) is 10.8. The summed E-state index contributed by atoms with van der Waals surface area (Å²) in [5.41, 5.74) is 7.93. The van der Waals surface area contributed by atoms with Crippen LogP contribution in [0, 0.1) is 0 Å². The molecule has 0 aliphatic heterocycles. The first kappa shape index (κ1) is 10.2. The molecular weight excluding hydrogens is 208 g/mol. The third kappa shape index (κ3) is 1.77. The monoisotopic (exact) mass is 222 g/mol. The van der Waals surface area contributed by atoms with Crippen LogP contribution < -0.4 is 10.5 Å². The van der Waals surface area contributed by atoms with Crippen molar-refractivity contribution in [2.24, 2.45) is 0 Å². The predicted molar refractivity (Wildman–Crippen MR) is 64.6 cm³/mol. The Bertz CT molecular complexity index is 479. The average Bonchev–Trinajstić information content (AvgIpc) is 2.61. The molecule has 2 N–H and O–H groups in total. The van der Waals surface area contributed by atoms with Gasteiger partial charge in [-0.2, -0.15) is 0 Å². The van der Waals surface area contributed by atoms with Crippen LogP contribution in [-0.2, 0) is 6.42 Å². The second kappa shape index (κ2) is 4.06. The highest BCUT2D eigenvalue weighted by molar-refractivity contribution is 7.22. The highest BCUT2D eigenvalue weighted by Gasteiger charge is 2.10. The molecule has 0 atom stereocenters. The Hall–Kier alpha value is -1.29. The molecule has 1 aromatic heterocycles. The van der Waals surface area contributed by atoms with E-state index in [0.717, 1.165) is 28.8 Å². The number of methoxy groups -OCH3 is 1. The number of fused-ring (bicyclic) bond motifs is 1. The summed E-state index contributed by atoms with van der Waals surface area (Å²) in [6.07, 6.45) is 2.18. The van der Waals surface area contributed by atoms with Crippen LogP contribution in [0.25, 0.3) is 10.2 Å². The van der Waals surface area contributed by atoms with Crippen LogP contribution in [0.15, 0.2) is 12.1 Å². The molecule has 0 aliphatic carbocycles. The van der Waals surface area contributed by atoms with Gasteiger partial charge in [0.25, 0.3) is 0 Å². The summed E-state index contributed by atoms with van der Waals surface area (Å²) >= 11 is 1.53. The molecule has 0 radical (unpaired) electrons. The summed E-state index contributed by atoms with van der Waals surface area (Å²) in [6.45, 7) is 2.17. The topological polar surface area (TPSA) is 48.1 Å². The number of nitrogens with zero attached hydrogens (tertiary/aromatic N) is 1. The van der Waals surface area contributed by atoms with E-state index in [1.54, 1.807) is 7.11 Å². The van der Waals surface area contributed by atoms with E-state index in [2.05, 4.69) is 18.0 Å². The fraction of sp³-hybridized carbons (Fsp3) is 0.364. The average molecular weight is 222 g/mol. The van der Waals surface area contributed by atoms with Crippen LogP contribution in [0.3, 0.4) is 0 Å². The molecule has 1 heterocycles. The van der Waals surface area contributed by atoms with Crippen molar-refractivity contribution in [3.8, 4) is 5.75 Å². The Morgan fingerprint density at radius 1 is 1.47 bits per heavy atom. The van der Waals surface area contributed by atoms with Gasteiger partial charge in [0, 0.05) is 0 Å². The van der Waals surface area contributed by atoms with Gasteiger partial charge in [0.2, 0.25) is 0 Å². The maximum Gasteiger partial charge on any atom is 0.181 e. The Balaban J connectivity index is 2.65. The van der Waals surface area contributed by atoms with Crippen molar-refractivity contribution in [3.05, 3.63) is 17.7 Å². The second-order valence-corrected chi connectivity index (χ2v) is 4.44. The molecule has 0 fully saturated rings. The minimum absolute atomic E-state index is 0.604. The number of hydrogen-bond donors (Lipinski definition) is 1. The van der Waals surface area contributed by atoms with Crippen LogP contribution in [0.2, 0.25) is 0 Å². The van der Waals surface area contributed by atoms with E-state index in [0.29, 0.717) is 5.13 Å². The smallest absolute Gasteiger partial charge is 0.181 e. The number of aryl methyl sites for hydroxylation is 1. The van der Waals surface area contributed by atoms with E-state index in [4.69, 9.17) is 10.5 Å². The number of benzene rings is 1. The molecule has 3 nitrogen and oxygen atoms in total. The van der Waals surface area contributed by atoms with Gasteiger partial charge >= 0.3 is 0 Å². The Morgan fingerprint density at radius 2 is 2.27 bits per heavy atom. The van der Waals surface area contributed by atoms with Crippen molar-refractivity contribution >= 4 is 26.7 Å². The van der Waals surface area contributed by atoms with Gasteiger partial charge in [0.15, 0.2) is 5.13 Å². The first-order valence-corrected chi connectivity index (χ1v) is 5.79. The summed E-state index contributed by atoms with van der Waals surface area (Å²) in [4.78, 5) is 4.30. The molecule has 0 spiro atoms. The molecule has 2 aromatic rings. The number of aromatic nitrogens is 1. The molecule has 4 heteroatoms. The number of anilines is 1. The molecule has 0 bridgehead atoms. The molecule has 1 aromatic carbocycles. The van der Waals surface area contributed by atoms with Gasteiger partial charge < -0.3 is 10.5 Å². The van der Waals surface area contributed by atoms with Crippen molar-refractivity contribution in [1.82, 2.24) is 4.98 Å². The van der Waals surface area contributed by atoms with Crippen LogP contribution in [0.4, 0.5) is 5.13 Å². The Kier molecular flexibility index (Phi) is 2.77. The van der Waals surface area contributed by atoms with Crippen LogP contribution >= 0.6 is 11.3 Å². The lowest BCUT2D eigenvalue weighted by atomic mass is 10.1. The van der Waals surface area contributed by atoms with E-state index in [9.17, 15) is 0 Å². The minimum atomic E-state index is 0.604. The van der Waals surface area contributed by atoms with Crippen molar-refractivity contribution in [2.75, 3.05) is 12.8 Å². The lowest BCUT2D eigenvalue weighted by Gasteiger charge is -2.04. The van der Waals surface area contributed by atoms with E-state index < -0.39 is 0 Å². The van der Waals surface area contributed by atoms with Crippen molar-refractivity contribution < 1.29 is 4.74 Å². The normalized spacial score (nSPS) is 10.8. The molecule has 0 aliphatic rings. The second-order valence-electron chi connectivity index (χ2n) is 3.41. The van der Waals surface area contributed by atoms with E-state index in [-0.39, 0.29) is 0 Å². The number of thiazole rings is 1. The van der Waals surface area contributed by atoms with Crippen molar-refractivity contribution in [3.63, 3.8) is 0 Å². The van der Waals surface area contributed by atoms with Crippen molar-refractivity contribution in [2.45, 2.75) is 19.8 Å². The standard InChI is InChI=1S/C11H14N2OS/c1-3-4-7-5-6-8(14-2)9-10(7)15-11(12)13-9/h5-6H,3-4H2,1-2H3,(H2,12,13). The Morgan fingerprint density at radius 3 is 2.93 bits per heavy atom. The SMILES string of the molecule is CCCc1ccc(OC)c2nc(N)sc12. The third-order valence-electron chi connectivity index (χ3n) is 2.34. The molecule has 0 saturated carbocycles. The molecule has 0 saturated heterocycles. The van der Waals surface area contributed by atoms with Gasteiger partial charge in [0.05, 0.1) is 11.8 Å². The fourth-order valence-electron chi connectivity index (χ4n) is 1.68. The number of ether oxygens (including phenoxy) is 1. The summed E-state index contributed by atoms with van der Waals surface area (Å²) in [7, 11) is 1.66. The minimum Gasteiger partial charge on any atom is -0.494 e. The van der Waals surface area contributed by atoms with E-state index >= 15 is 0 Å². The molecular formula is C11H14N2OS. The van der Waals surface area contributed by atoms with Gasteiger partial charge in [-0.15, -0.1) is 0 Å². The zero-order valence-electron chi connectivity index (χ0n) is 8.91. The first-order valence-electron chi connectivity index (χ1n) is 4.98. The highest BCUT2D eigenvalue weighted by atomic mass is 32.1. The fourth-order valence-corrected chi connectivity index (χ4v) is 2.57. The summed E-state index contributed by atoms with van der Waals surface area (Å²) in [6, 6.07) is 4.06. The van der Waals surface area contributed by atoms with Gasteiger partial charge in [-0.1, -0.05) is 30.7 Å². The lowest BCUT2D eigenvalue weighted by Crippen LogP contribution is -1.88. The van der Waals surface area contributed by atoms with E-state index in [1.165, 1.54) is 16.9 Å². The molecule has 0 amide bonds. The quantitative estimate of drug-likeness (QED) is 0.868. The lowest BCUT2D eigenvalue weighted by molar-refractivity contribution is 0.419. The first-order chi connectivity index (χ1) is 7.26. The maximum atomic E-state index is 5.73. The van der Waals surface area contributed by atoms with Gasteiger partial charge in [0.1, 0.15) is 11.3 Å². The molecule has 2 rings (SSSR count). The van der Waals surface area contributed by atoms with E-state index in [1.807, 2.05) is 6.07 Å². The number of rotatable bonds is 3. The zero-order valence-corrected chi connectivity index (χ0v) is 9.73. The summed E-state index contributed by atoms with van der Waals surface area (Å²) in [5, 5.41) is 0.604. The highest BCUT2D eigenvalue weighted by Crippen LogP contribution is 2.34. The van der Waals surface area contributed by atoms with Gasteiger partial charge in [-0.25, -0.2) is 4.98 Å². The van der Waals surface area contributed by atoms with Crippen molar-refractivity contribution in [1.29, 1.82) is 0 Å². The Labute approximate surface area is 92.9 Å². The number of hydrogen-bond acceptors (Lipinski definition) is 4.